The van der Waals surface area contributed by atoms with Crippen molar-refractivity contribution in [2.24, 2.45) is 0 Å². The van der Waals surface area contributed by atoms with Gasteiger partial charge < -0.3 is 14.8 Å². The van der Waals surface area contributed by atoms with E-state index in [1.807, 2.05) is 32.9 Å². The Hall–Kier alpha value is -2.08. The average molecular weight is 410 g/mol. The van der Waals surface area contributed by atoms with Gasteiger partial charge in [0.05, 0.1) is 10.6 Å². The molecule has 0 aromatic heterocycles. The van der Waals surface area contributed by atoms with Crippen molar-refractivity contribution in [3.8, 4) is 11.5 Å². The number of amides is 1. The molecule has 0 fully saturated rings. The minimum Gasteiger partial charge on any atom is -0.491 e. The molecule has 2 aromatic rings. The van der Waals surface area contributed by atoms with Crippen molar-refractivity contribution in [1.82, 2.24) is 0 Å². The lowest BCUT2D eigenvalue weighted by Gasteiger charge is -2.17. The third kappa shape index (κ3) is 5.46. The van der Waals surface area contributed by atoms with Crippen molar-refractivity contribution in [2.45, 2.75) is 39.9 Å². The number of aryl methyl sites for hydroxylation is 1. The van der Waals surface area contributed by atoms with E-state index in [9.17, 15) is 9.18 Å². The van der Waals surface area contributed by atoms with Crippen LogP contribution in [0.2, 0.25) is 0 Å². The number of hydrogen-bond acceptors (Lipinski definition) is 3. The van der Waals surface area contributed by atoms with Gasteiger partial charge in [-0.2, -0.15) is 0 Å². The van der Waals surface area contributed by atoms with E-state index >= 15 is 0 Å². The Kier molecular flexibility index (Phi) is 6.42. The maximum Gasteiger partial charge on any atom is 0.265 e. The molecule has 1 atom stereocenters. The van der Waals surface area contributed by atoms with Crippen molar-refractivity contribution < 1.29 is 18.7 Å². The van der Waals surface area contributed by atoms with E-state index in [1.165, 1.54) is 18.2 Å². The Labute approximate surface area is 155 Å². The number of hydrogen-bond donors (Lipinski definition) is 1. The van der Waals surface area contributed by atoms with Gasteiger partial charge in [-0.15, -0.1) is 0 Å². The Morgan fingerprint density at radius 3 is 2.44 bits per heavy atom. The molecule has 0 aliphatic rings. The second-order valence-electron chi connectivity index (χ2n) is 5.97. The predicted octanol–water partition coefficient (Wildman–Crippen LogP) is 5.09. The normalized spacial score (nSPS) is 12.0. The van der Waals surface area contributed by atoms with Crippen molar-refractivity contribution in [3.63, 3.8) is 0 Å². The second-order valence-corrected chi connectivity index (χ2v) is 6.82. The maximum absolute atomic E-state index is 13.1. The highest BCUT2D eigenvalue weighted by Gasteiger charge is 2.17. The molecule has 0 spiro atoms. The van der Waals surface area contributed by atoms with E-state index in [1.54, 1.807) is 13.0 Å². The molecule has 4 nitrogen and oxygen atoms in total. The number of anilines is 1. The number of rotatable bonds is 6. The van der Waals surface area contributed by atoms with E-state index < -0.39 is 6.10 Å². The van der Waals surface area contributed by atoms with E-state index in [0.717, 1.165) is 11.3 Å². The molecular weight excluding hydrogens is 389 g/mol. The van der Waals surface area contributed by atoms with Crippen LogP contribution >= 0.6 is 15.9 Å². The summed E-state index contributed by atoms with van der Waals surface area (Å²) in [5.41, 5.74) is 1.58. The van der Waals surface area contributed by atoms with Crippen LogP contribution in [-0.2, 0) is 4.79 Å². The van der Waals surface area contributed by atoms with Crippen LogP contribution in [0.25, 0.3) is 0 Å². The molecule has 6 heteroatoms. The molecule has 0 heterocycles. The van der Waals surface area contributed by atoms with Gasteiger partial charge in [0.2, 0.25) is 0 Å². The molecule has 1 unspecified atom stereocenters. The molecule has 134 valence electrons. The summed E-state index contributed by atoms with van der Waals surface area (Å²) < 4.78 is 24.8. The molecule has 0 radical (unpaired) electrons. The van der Waals surface area contributed by atoms with Crippen LogP contribution in [0, 0.1) is 12.7 Å². The molecule has 25 heavy (non-hydrogen) atoms. The monoisotopic (exact) mass is 409 g/mol. The van der Waals surface area contributed by atoms with E-state index in [2.05, 4.69) is 21.2 Å². The number of ether oxygens (including phenoxy) is 2. The zero-order chi connectivity index (χ0) is 18.6. The van der Waals surface area contributed by atoms with Gasteiger partial charge in [-0.1, -0.05) is 0 Å². The highest BCUT2D eigenvalue weighted by molar-refractivity contribution is 9.10. The van der Waals surface area contributed by atoms with Gasteiger partial charge in [0.15, 0.2) is 6.10 Å². The van der Waals surface area contributed by atoms with Gasteiger partial charge in [-0.25, -0.2) is 4.39 Å². The fourth-order valence-corrected chi connectivity index (χ4v) is 2.62. The number of halogens is 2. The van der Waals surface area contributed by atoms with Gasteiger partial charge >= 0.3 is 0 Å². The number of nitrogens with one attached hydrogen (secondary N) is 1. The summed E-state index contributed by atoms with van der Waals surface area (Å²) in [5.74, 6) is 0.485. The first-order valence-electron chi connectivity index (χ1n) is 7.96. The summed E-state index contributed by atoms with van der Waals surface area (Å²) in [7, 11) is 0. The Morgan fingerprint density at radius 2 is 1.84 bits per heavy atom. The molecule has 0 aliphatic carbocycles. The first kappa shape index (κ1) is 19.2. The molecule has 2 aromatic carbocycles. The lowest BCUT2D eigenvalue weighted by atomic mass is 10.2. The van der Waals surface area contributed by atoms with Crippen LogP contribution < -0.4 is 14.8 Å². The molecule has 0 saturated heterocycles. The smallest absolute Gasteiger partial charge is 0.265 e. The first-order valence-corrected chi connectivity index (χ1v) is 8.75. The first-order chi connectivity index (χ1) is 11.8. The third-order valence-electron chi connectivity index (χ3n) is 3.39. The van der Waals surface area contributed by atoms with Crippen LogP contribution in [0.5, 0.6) is 11.5 Å². The van der Waals surface area contributed by atoms with Gasteiger partial charge in [-0.05, 0) is 85.6 Å². The van der Waals surface area contributed by atoms with Gasteiger partial charge in [0.25, 0.3) is 5.91 Å². The fourth-order valence-electron chi connectivity index (χ4n) is 2.17. The molecule has 1 amide bonds. The Balaban J connectivity index is 2.03. The highest BCUT2D eigenvalue weighted by Crippen LogP contribution is 2.27. The fraction of sp³-hybridized carbons (Fsp3) is 0.316. The summed E-state index contributed by atoms with van der Waals surface area (Å²) in [6.45, 7) is 7.44. The minimum absolute atomic E-state index is 0.0856. The average Bonchev–Trinajstić information content (AvgIpc) is 2.52. The van der Waals surface area contributed by atoms with Crippen LogP contribution in [0.3, 0.4) is 0 Å². The number of carbonyl (C=O) groups is 1. The zero-order valence-corrected chi connectivity index (χ0v) is 16.2. The minimum atomic E-state index is -0.743. The third-order valence-corrected chi connectivity index (χ3v) is 4.01. The van der Waals surface area contributed by atoms with Crippen LogP contribution in [0.1, 0.15) is 26.3 Å². The van der Waals surface area contributed by atoms with Crippen molar-refractivity contribution in [3.05, 3.63) is 52.3 Å². The molecule has 2 rings (SSSR count). The topological polar surface area (TPSA) is 47.6 Å². The van der Waals surface area contributed by atoms with Crippen molar-refractivity contribution >= 4 is 27.5 Å². The van der Waals surface area contributed by atoms with Crippen LogP contribution in [0.15, 0.2) is 40.9 Å². The molecule has 0 aliphatic heterocycles. The Bertz CT molecular complexity index is 764. The quantitative estimate of drug-likeness (QED) is 0.722. The van der Waals surface area contributed by atoms with Gasteiger partial charge in [0.1, 0.15) is 17.3 Å². The summed E-state index contributed by atoms with van der Waals surface area (Å²) in [6.07, 6.45) is -0.657. The van der Waals surface area contributed by atoms with Crippen molar-refractivity contribution in [2.75, 3.05) is 5.32 Å². The van der Waals surface area contributed by atoms with Crippen LogP contribution in [-0.4, -0.2) is 18.1 Å². The summed E-state index contributed by atoms with van der Waals surface area (Å²) in [6, 6.07) is 9.53. The Morgan fingerprint density at radius 1 is 1.12 bits per heavy atom. The van der Waals surface area contributed by atoms with Crippen LogP contribution in [0.4, 0.5) is 10.1 Å². The molecule has 0 bridgehead atoms. The number of carbonyl (C=O) groups excluding carboxylic acids is 1. The number of benzene rings is 2. The zero-order valence-electron chi connectivity index (χ0n) is 14.6. The molecule has 1 N–H and O–H groups in total. The maximum atomic E-state index is 13.1. The lowest BCUT2D eigenvalue weighted by Crippen LogP contribution is -2.30. The SMILES string of the molecule is Cc1cc(OC(C)C)ccc1NC(=O)C(C)Oc1ccc(F)cc1Br. The largest absolute Gasteiger partial charge is 0.491 e. The van der Waals surface area contributed by atoms with E-state index in [0.29, 0.717) is 15.9 Å². The second kappa shape index (κ2) is 8.34. The van der Waals surface area contributed by atoms with Crippen molar-refractivity contribution in [1.29, 1.82) is 0 Å². The standard InChI is InChI=1S/C19H21BrFNO3/c1-11(2)24-15-6-7-17(12(3)9-15)22-19(23)13(4)25-18-8-5-14(21)10-16(18)20/h5-11,13H,1-4H3,(H,22,23). The summed E-state index contributed by atoms with van der Waals surface area (Å²) in [5, 5.41) is 2.83. The molecule has 0 saturated carbocycles. The van der Waals surface area contributed by atoms with Gasteiger partial charge in [-0.3, -0.25) is 4.79 Å². The lowest BCUT2D eigenvalue weighted by molar-refractivity contribution is -0.122. The summed E-state index contributed by atoms with van der Waals surface area (Å²) in [4.78, 5) is 12.4. The van der Waals surface area contributed by atoms with E-state index in [-0.39, 0.29) is 17.8 Å². The summed E-state index contributed by atoms with van der Waals surface area (Å²) >= 11 is 3.22. The molecular formula is C19H21BrFNO3. The predicted molar refractivity (Wildman–Crippen MR) is 99.8 cm³/mol. The van der Waals surface area contributed by atoms with E-state index in [4.69, 9.17) is 9.47 Å². The highest BCUT2D eigenvalue weighted by atomic mass is 79.9. The van der Waals surface area contributed by atoms with Gasteiger partial charge in [0, 0.05) is 5.69 Å².